The number of rotatable bonds is 1. The molecule has 0 atom stereocenters. The summed E-state index contributed by atoms with van der Waals surface area (Å²) >= 11 is 4.54. The molecule has 0 saturated heterocycles. The van der Waals surface area contributed by atoms with E-state index < -0.39 is 22.7 Å². The molecule has 78 valence electrons. The van der Waals surface area contributed by atoms with E-state index in [1.165, 1.54) is 0 Å². The Balaban J connectivity index is 3.31. The van der Waals surface area contributed by atoms with Gasteiger partial charge in [-0.3, -0.25) is 0 Å². The van der Waals surface area contributed by atoms with Gasteiger partial charge >= 0.3 is 11.6 Å². The summed E-state index contributed by atoms with van der Waals surface area (Å²) in [6.07, 6.45) is -4.82. The van der Waals surface area contributed by atoms with Gasteiger partial charge < -0.3 is 0 Å². The minimum absolute atomic E-state index is 0.561. The average Bonchev–Trinajstić information content (AvgIpc) is 2.01. The minimum atomic E-state index is -4.82. The predicted molar refractivity (Wildman–Crippen MR) is 41.2 cm³/mol. The van der Waals surface area contributed by atoms with Gasteiger partial charge in [-0.2, -0.15) is 22.0 Å². The lowest BCUT2D eigenvalue weighted by Gasteiger charge is -2.15. The molecule has 0 radical (unpaired) electrons. The van der Waals surface area contributed by atoms with E-state index in [4.69, 9.17) is 0 Å². The molecular formula is C8H4ClF5. The van der Waals surface area contributed by atoms with Crippen LogP contribution in [0.4, 0.5) is 22.0 Å². The van der Waals surface area contributed by atoms with Crippen molar-refractivity contribution in [2.24, 2.45) is 0 Å². The highest BCUT2D eigenvalue weighted by molar-refractivity contribution is 6.21. The second-order valence-corrected chi connectivity index (χ2v) is 3.02. The fourth-order valence-corrected chi connectivity index (χ4v) is 1.14. The van der Waals surface area contributed by atoms with Crippen LogP contribution in [0.3, 0.4) is 0 Å². The van der Waals surface area contributed by atoms with Crippen molar-refractivity contribution in [1.82, 2.24) is 0 Å². The summed E-state index contributed by atoms with van der Waals surface area (Å²) in [6.45, 7) is 0. The van der Waals surface area contributed by atoms with Crippen LogP contribution in [0, 0.1) is 0 Å². The number of alkyl halides is 6. The van der Waals surface area contributed by atoms with Crippen LogP contribution < -0.4 is 0 Å². The molecule has 0 aliphatic heterocycles. The summed E-state index contributed by atoms with van der Waals surface area (Å²) in [6, 6.07) is 3.30. The van der Waals surface area contributed by atoms with E-state index in [9.17, 15) is 22.0 Å². The maximum absolute atomic E-state index is 12.5. The summed E-state index contributed by atoms with van der Waals surface area (Å²) in [5.74, 6) is 0. The van der Waals surface area contributed by atoms with E-state index in [2.05, 4.69) is 11.6 Å². The number of hydrogen-bond acceptors (Lipinski definition) is 0. The standard InChI is InChI=1S/C8H4ClF5/c9-7(10,11)5-3-1-2-4-6(5)8(12,13)14/h1-4H. The molecule has 0 aliphatic rings. The van der Waals surface area contributed by atoms with E-state index in [1.807, 2.05) is 0 Å². The zero-order chi connectivity index (χ0) is 11.0. The van der Waals surface area contributed by atoms with Crippen LogP contribution in [0.15, 0.2) is 24.3 Å². The first-order chi connectivity index (χ1) is 6.23. The van der Waals surface area contributed by atoms with Gasteiger partial charge in [-0.15, -0.1) is 0 Å². The summed E-state index contributed by atoms with van der Waals surface area (Å²) < 4.78 is 61.6. The molecule has 0 aromatic heterocycles. The van der Waals surface area contributed by atoms with Crippen molar-refractivity contribution >= 4 is 11.6 Å². The molecule has 14 heavy (non-hydrogen) atoms. The van der Waals surface area contributed by atoms with Gasteiger partial charge in [-0.1, -0.05) is 18.2 Å². The Morgan fingerprint density at radius 1 is 0.857 bits per heavy atom. The Morgan fingerprint density at radius 2 is 1.29 bits per heavy atom. The molecule has 1 aromatic carbocycles. The first-order valence-electron chi connectivity index (χ1n) is 3.46. The topological polar surface area (TPSA) is 0 Å². The molecule has 0 saturated carbocycles. The number of halogens is 6. The lowest BCUT2D eigenvalue weighted by Crippen LogP contribution is -2.15. The van der Waals surface area contributed by atoms with Gasteiger partial charge in [0.05, 0.1) is 5.56 Å². The van der Waals surface area contributed by atoms with Gasteiger partial charge in [0.15, 0.2) is 0 Å². The Hall–Kier alpha value is -0.840. The molecule has 0 fully saturated rings. The van der Waals surface area contributed by atoms with Crippen molar-refractivity contribution in [1.29, 1.82) is 0 Å². The van der Waals surface area contributed by atoms with Gasteiger partial charge in [-0.25, -0.2) is 0 Å². The first-order valence-corrected chi connectivity index (χ1v) is 3.84. The molecule has 0 unspecified atom stereocenters. The third kappa shape index (κ3) is 2.35. The normalized spacial score (nSPS) is 13.0. The Kier molecular flexibility index (Phi) is 2.71. The van der Waals surface area contributed by atoms with E-state index in [0.29, 0.717) is 12.1 Å². The fourth-order valence-electron chi connectivity index (χ4n) is 0.978. The van der Waals surface area contributed by atoms with Crippen LogP contribution in [0.2, 0.25) is 0 Å². The molecule has 6 heteroatoms. The molecule has 0 heterocycles. The zero-order valence-corrected chi connectivity index (χ0v) is 7.33. The second-order valence-electron chi connectivity index (χ2n) is 2.54. The highest BCUT2D eigenvalue weighted by Gasteiger charge is 2.40. The highest BCUT2D eigenvalue weighted by atomic mass is 35.5. The molecular weight excluding hydrogens is 227 g/mol. The van der Waals surface area contributed by atoms with E-state index >= 15 is 0 Å². The maximum Gasteiger partial charge on any atom is 0.416 e. The highest BCUT2D eigenvalue weighted by Crippen LogP contribution is 2.41. The molecule has 0 N–H and O–H groups in total. The summed E-state index contributed by atoms with van der Waals surface area (Å²) in [5, 5.41) is -4.01. The molecule has 0 amide bonds. The Labute approximate surface area is 81.3 Å². The third-order valence-corrected chi connectivity index (χ3v) is 1.74. The van der Waals surface area contributed by atoms with Crippen molar-refractivity contribution in [3.05, 3.63) is 35.4 Å². The van der Waals surface area contributed by atoms with Crippen molar-refractivity contribution in [3.8, 4) is 0 Å². The zero-order valence-electron chi connectivity index (χ0n) is 6.58. The van der Waals surface area contributed by atoms with Gasteiger partial charge in [0, 0.05) is 5.56 Å². The van der Waals surface area contributed by atoms with E-state index in [1.54, 1.807) is 0 Å². The van der Waals surface area contributed by atoms with Crippen molar-refractivity contribution < 1.29 is 22.0 Å². The average molecular weight is 231 g/mol. The molecule has 0 bridgehead atoms. The number of benzene rings is 1. The van der Waals surface area contributed by atoms with Crippen LogP contribution in [0.5, 0.6) is 0 Å². The first kappa shape index (κ1) is 11.2. The lowest BCUT2D eigenvalue weighted by molar-refractivity contribution is -0.140. The SMILES string of the molecule is FC(F)(F)c1ccccc1C(F)(F)Cl. The van der Waals surface area contributed by atoms with Crippen LogP contribution in [-0.4, -0.2) is 0 Å². The van der Waals surface area contributed by atoms with Crippen molar-refractivity contribution in [2.75, 3.05) is 0 Å². The lowest BCUT2D eigenvalue weighted by atomic mass is 10.1. The van der Waals surface area contributed by atoms with Crippen LogP contribution >= 0.6 is 11.6 Å². The third-order valence-electron chi connectivity index (χ3n) is 1.54. The van der Waals surface area contributed by atoms with E-state index in [-0.39, 0.29) is 0 Å². The summed E-state index contributed by atoms with van der Waals surface area (Å²) in [7, 11) is 0. The van der Waals surface area contributed by atoms with Gasteiger partial charge in [0.1, 0.15) is 0 Å². The van der Waals surface area contributed by atoms with Crippen molar-refractivity contribution in [2.45, 2.75) is 11.6 Å². The van der Waals surface area contributed by atoms with Crippen LogP contribution in [-0.2, 0) is 11.6 Å². The van der Waals surface area contributed by atoms with Gasteiger partial charge in [0.25, 0.3) is 0 Å². The molecule has 1 aromatic rings. The molecule has 1 rings (SSSR count). The van der Waals surface area contributed by atoms with Crippen LogP contribution in [0.25, 0.3) is 0 Å². The van der Waals surface area contributed by atoms with Gasteiger partial charge in [0.2, 0.25) is 0 Å². The monoisotopic (exact) mass is 230 g/mol. The summed E-state index contributed by atoms with van der Waals surface area (Å²) in [4.78, 5) is 0. The smallest absolute Gasteiger partial charge is 0.183 e. The molecule has 0 aliphatic carbocycles. The maximum atomic E-state index is 12.5. The van der Waals surface area contributed by atoms with E-state index in [0.717, 1.165) is 12.1 Å². The molecule has 0 spiro atoms. The Morgan fingerprint density at radius 3 is 1.57 bits per heavy atom. The second kappa shape index (κ2) is 3.38. The van der Waals surface area contributed by atoms with Gasteiger partial charge in [-0.05, 0) is 17.7 Å². The largest absolute Gasteiger partial charge is 0.416 e. The predicted octanol–water partition coefficient (Wildman–Crippen LogP) is 3.99. The minimum Gasteiger partial charge on any atom is -0.183 e. The number of hydrogen-bond donors (Lipinski definition) is 0. The quantitative estimate of drug-likeness (QED) is 0.505. The molecule has 0 nitrogen and oxygen atoms in total. The fraction of sp³-hybridized carbons (Fsp3) is 0.250. The summed E-state index contributed by atoms with van der Waals surface area (Å²) in [5.41, 5.74) is -2.64. The van der Waals surface area contributed by atoms with Crippen molar-refractivity contribution in [3.63, 3.8) is 0 Å². The Bertz CT molecular complexity index is 292. The van der Waals surface area contributed by atoms with Crippen LogP contribution in [0.1, 0.15) is 11.1 Å².